The van der Waals surface area contributed by atoms with Crippen LogP contribution in [-0.4, -0.2) is 6.04 Å². The maximum atomic E-state index is 9.69. The van der Waals surface area contributed by atoms with E-state index < -0.39 is 0 Å². The first-order chi connectivity index (χ1) is 5.31. The van der Waals surface area contributed by atoms with Gasteiger partial charge in [0.05, 0.1) is 6.04 Å². The van der Waals surface area contributed by atoms with Crippen molar-refractivity contribution in [2.24, 2.45) is 10.4 Å². The zero-order valence-electron chi connectivity index (χ0n) is 8.42. The van der Waals surface area contributed by atoms with Crippen molar-refractivity contribution >= 4 is 0 Å². The molecule has 0 aromatic carbocycles. The summed E-state index contributed by atoms with van der Waals surface area (Å²) >= 11 is 0. The molecule has 0 aliphatic heterocycles. The first-order valence-corrected chi connectivity index (χ1v) is 4.33. The second kappa shape index (κ2) is 12.0. The van der Waals surface area contributed by atoms with Crippen molar-refractivity contribution in [3.05, 3.63) is 5.21 Å². The van der Waals surface area contributed by atoms with Gasteiger partial charge in [0.25, 0.3) is 0 Å². The van der Waals surface area contributed by atoms with Crippen molar-refractivity contribution in [3.63, 3.8) is 0 Å². The fraction of sp³-hybridized carbons (Fsp3) is 1.00. The average molecular weight is 196 g/mol. The van der Waals surface area contributed by atoms with Gasteiger partial charge in [-0.25, -0.2) is 5.28 Å². The van der Waals surface area contributed by atoms with Gasteiger partial charge in [0.2, 0.25) is 0 Å². The van der Waals surface area contributed by atoms with Gasteiger partial charge in [0, 0.05) is 0 Å². The Balaban J connectivity index is 0. The number of hydrogen-bond donors (Lipinski definition) is 0. The zero-order chi connectivity index (χ0) is 8.53. The van der Waals surface area contributed by atoms with E-state index in [1.807, 2.05) is 6.92 Å². The first kappa shape index (κ1) is 15.5. The minimum Gasteiger partial charge on any atom is -0.775 e. The first-order valence-electron chi connectivity index (χ1n) is 4.33. The monoisotopic (exact) mass is 196 g/mol. The van der Waals surface area contributed by atoms with Crippen molar-refractivity contribution in [2.75, 3.05) is 0 Å². The van der Waals surface area contributed by atoms with E-state index in [1.54, 1.807) is 0 Å². The molecule has 0 aromatic heterocycles. The van der Waals surface area contributed by atoms with E-state index in [2.05, 4.69) is 17.3 Å². The van der Waals surface area contributed by atoms with Crippen molar-refractivity contribution in [2.45, 2.75) is 52.0 Å². The van der Waals surface area contributed by atoms with E-state index in [-0.39, 0.29) is 57.4 Å². The van der Waals surface area contributed by atoms with Gasteiger partial charge in [0.1, 0.15) is 0 Å². The topological polar surface area (TPSA) is 47.8 Å². The quantitative estimate of drug-likeness (QED) is 0.261. The average Bonchev–Trinajstić information content (AvgIpc) is 1.99. The van der Waals surface area contributed by atoms with Crippen LogP contribution in [0.4, 0.5) is 0 Å². The van der Waals surface area contributed by atoms with Crippen LogP contribution in [0.5, 0.6) is 0 Å². The summed E-state index contributed by atoms with van der Waals surface area (Å²) in [5.41, 5.74) is 0. The Kier molecular flexibility index (Phi) is 15.6. The minimum absolute atomic E-state index is 0. The van der Waals surface area contributed by atoms with Crippen LogP contribution in [0.3, 0.4) is 0 Å². The molecule has 0 rings (SSSR count). The van der Waals surface area contributed by atoms with Crippen LogP contribution in [-0.2, 0) is 0 Å². The smallest absolute Gasteiger partial charge is 0.775 e. The van der Waals surface area contributed by atoms with Crippen LogP contribution in [0, 0.1) is 5.21 Å². The summed E-state index contributed by atoms with van der Waals surface area (Å²) in [5.74, 6) is 0. The number of unbranched alkanes of at least 4 members (excludes halogenated alkanes) is 3. The Morgan fingerprint density at radius 3 is 2.42 bits per heavy atom. The van der Waals surface area contributed by atoms with Gasteiger partial charge in [-0.15, -0.1) is 0 Å². The van der Waals surface area contributed by atoms with Crippen molar-refractivity contribution in [3.8, 4) is 0 Å². The van der Waals surface area contributed by atoms with Gasteiger partial charge in [-0.05, 0) is 13.3 Å². The van der Waals surface area contributed by atoms with Crippen LogP contribution < -0.4 is 51.4 Å². The molecule has 0 bridgehead atoms. The third kappa shape index (κ3) is 11.0. The Labute approximate surface area is 117 Å². The number of hydrogen-bond acceptors (Lipinski definition) is 3. The molecule has 0 N–H and O–H groups in total. The Bertz CT molecular complexity index is 109. The van der Waals surface area contributed by atoms with E-state index in [9.17, 15) is 5.21 Å². The summed E-state index contributed by atoms with van der Waals surface area (Å²) < 4.78 is 0. The molecule has 0 aromatic rings. The van der Waals surface area contributed by atoms with Gasteiger partial charge in [0.15, 0.2) is 0 Å². The van der Waals surface area contributed by atoms with Crippen LogP contribution in [0.15, 0.2) is 10.4 Å². The summed E-state index contributed by atoms with van der Waals surface area (Å²) in [6.45, 7) is 4.11. The van der Waals surface area contributed by atoms with E-state index in [4.69, 9.17) is 0 Å². The van der Waals surface area contributed by atoms with Gasteiger partial charge in [-0.3, -0.25) is 0 Å². The molecule has 4 heteroatoms. The molecule has 0 fully saturated rings. The molecule has 0 heterocycles. The van der Waals surface area contributed by atoms with Crippen LogP contribution >= 0.6 is 0 Å². The second-order valence-electron chi connectivity index (χ2n) is 2.90. The normalized spacial score (nSPS) is 12.8. The Morgan fingerprint density at radius 2 is 1.92 bits per heavy atom. The van der Waals surface area contributed by atoms with Crippen LogP contribution in [0.2, 0.25) is 0 Å². The maximum Gasteiger partial charge on any atom is 1.00 e. The minimum atomic E-state index is 0. The molecule has 3 nitrogen and oxygen atoms in total. The fourth-order valence-electron chi connectivity index (χ4n) is 1.00. The molecule has 12 heavy (non-hydrogen) atoms. The largest absolute Gasteiger partial charge is 1.00 e. The van der Waals surface area contributed by atoms with Gasteiger partial charge in [-0.1, -0.05) is 32.6 Å². The predicted octanol–water partition coefficient (Wildman–Crippen LogP) is 0.299. The van der Waals surface area contributed by atoms with Crippen molar-refractivity contribution < 1.29 is 51.4 Å². The number of rotatable bonds is 6. The number of nitrogens with zero attached hydrogens (tertiary/aromatic N) is 2. The summed E-state index contributed by atoms with van der Waals surface area (Å²) in [6.07, 6.45) is 5.92. The summed E-state index contributed by atoms with van der Waals surface area (Å²) in [5, 5.41) is 15.7. The van der Waals surface area contributed by atoms with Crippen LogP contribution in [0.25, 0.3) is 0 Å². The molecule has 0 saturated carbocycles. The van der Waals surface area contributed by atoms with E-state index in [1.165, 1.54) is 19.3 Å². The zero-order valence-corrected chi connectivity index (χ0v) is 11.5. The van der Waals surface area contributed by atoms with E-state index >= 15 is 0 Å². The van der Waals surface area contributed by atoms with E-state index in [0.29, 0.717) is 0 Å². The standard InChI is InChI=1S/C8H18N2O.K/c1-3-4-5-6-7-8(2)9-10-11;/h8H,3-7H2,1-2H3,(H,9,11);/q;+1/p-1. The predicted molar refractivity (Wildman–Crippen MR) is 46.4 cm³/mol. The van der Waals surface area contributed by atoms with Crippen molar-refractivity contribution in [1.29, 1.82) is 0 Å². The third-order valence-corrected chi connectivity index (χ3v) is 1.72. The SMILES string of the molecule is CCCCCCC(C)N=N[O-].[K+]. The molecule has 0 amide bonds. The second-order valence-corrected chi connectivity index (χ2v) is 2.90. The Morgan fingerprint density at radius 1 is 1.25 bits per heavy atom. The summed E-state index contributed by atoms with van der Waals surface area (Å²) in [4.78, 5) is 0. The van der Waals surface area contributed by atoms with E-state index in [0.717, 1.165) is 12.8 Å². The summed E-state index contributed by atoms with van der Waals surface area (Å²) in [6, 6.07) is 0.115. The van der Waals surface area contributed by atoms with Gasteiger partial charge >= 0.3 is 51.4 Å². The molecule has 0 radical (unpaired) electrons. The van der Waals surface area contributed by atoms with Gasteiger partial charge in [-0.2, -0.15) is 5.11 Å². The Hall–Kier alpha value is 1.04. The molecule has 0 aliphatic carbocycles. The molecule has 66 valence electrons. The molecule has 0 spiro atoms. The molecule has 1 atom stereocenters. The van der Waals surface area contributed by atoms with Gasteiger partial charge < -0.3 is 5.21 Å². The maximum absolute atomic E-state index is 9.69. The van der Waals surface area contributed by atoms with Crippen LogP contribution in [0.1, 0.15) is 46.0 Å². The third-order valence-electron chi connectivity index (χ3n) is 1.72. The summed E-state index contributed by atoms with van der Waals surface area (Å²) in [7, 11) is 0. The fourth-order valence-corrected chi connectivity index (χ4v) is 1.00. The molecule has 1 unspecified atom stereocenters. The van der Waals surface area contributed by atoms with Crippen molar-refractivity contribution in [1.82, 2.24) is 0 Å². The molecular weight excluding hydrogens is 179 g/mol. The molecule has 0 aliphatic rings. The molecular formula is C8H17KN2O. The molecule has 0 saturated heterocycles.